The van der Waals surface area contributed by atoms with Gasteiger partial charge in [-0.2, -0.15) is 0 Å². The highest BCUT2D eigenvalue weighted by atomic mass is 35.5. The number of Topliss-reactive ketones (excluding diaryl/α,β-unsaturated/α-hetero) is 1. The van der Waals surface area contributed by atoms with Crippen LogP contribution in [0.25, 0.3) is 6.08 Å². The third-order valence-corrected chi connectivity index (χ3v) is 4.08. The number of carbonyl (C=O) groups excluding carboxylic acids is 1. The molecule has 3 rings (SSSR count). The first-order chi connectivity index (χ1) is 9.16. The van der Waals surface area contributed by atoms with Crippen LogP contribution in [-0.4, -0.2) is 5.78 Å². The van der Waals surface area contributed by atoms with E-state index in [1.165, 1.54) is 0 Å². The van der Waals surface area contributed by atoms with Gasteiger partial charge in [0, 0.05) is 17.6 Å². The molecule has 0 atom stereocenters. The van der Waals surface area contributed by atoms with Gasteiger partial charge in [-0.05, 0) is 23.3 Å². The Bertz CT molecular complexity index is 702. The van der Waals surface area contributed by atoms with E-state index in [0.29, 0.717) is 16.5 Å². The molecule has 0 radical (unpaired) electrons. The van der Waals surface area contributed by atoms with Crippen LogP contribution in [0.4, 0.5) is 0 Å². The molecule has 3 heteroatoms. The third-order valence-electron chi connectivity index (χ3n) is 3.25. The summed E-state index contributed by atoms with van der Waals surface area (Å²) in [6, 6.07) is 13.1. The molecule has 0 N–H and O–H groups in total. The molecule has 0 fully saturated rings. The van der Waals surface area contributed by atoms with Crippen LogP contribution in [0.5, 0.6) is 0 Å². The summed E-state index contributed by atoms with van der Waals surface area (Å²) in [4.78, 5) is 12.3. The zero-order chi connectivity index (χ0) is 13.4. The Labute approximate surface area is 121 Å². The van der Waals surface area contributed by atoms with Crippen LogP contribution in [0, 0.1) is 0 Å². The molecule has 94 valence electrons. The summed E-state index contributed by atoms with van der Waals surface area (Å²) in [5.74, 6) is 0.0756. The summed E-state index contributed by atoms with van der Waals surface area (Å²) >= 11 is 12.1. The fourth-order valence-electron chi connectivity index (χ4n) is 2.29. The van der Waals surface area contributed by atoms with E-state index < -0.39 is 0 Å². The predicted octanol–water partition coefficient (Wildman–Crippen LogP) is 4.82. The van der Waals surface area contributed by atoms with Crippen molar-refractivity contribution in [2.75, 3.05) is 0 Å². The highest BCUT2D eigenvalue weighted by molar-refractivity contribution is 6.43. The van der Waals surface area contributed by atoms with Crippen molar-refractivity contribution < 1.29 is 4.79 Å². The molecule has 0 saturated carbocycles. The van der Waals surface area contributed by atoms with Crippen LogP contribution in [0.1, 0.15) is 21.5 Å². The van der Waals surface area contributed by atoms with Gasteiger partial charge >= 0.3 is 0 Å². The minimum atomic E-state index is 0.0756. The Hall–Kier alpha value is -1.57. The average molecular weight is 289 g/mol. The summed E-state index contributed by atoms with van der Waals surface area (Å²) < 4.78 is 0. The number of rotatable bonds is 1. The van der Waals surface area contributed by atoms with Crippen molar-refractivity contribution in [1.29, 1.82) is 0 Å². The molecule has 2 aromatic rings. The van der Waals surface area contributed by atoms with E-state index in [2.05, 4.69) is 0 Å². The van der Waals surface area contributed by atoms with Crippen LogP contribution in [-0.2, 0) is 6.42 Å². The third kappa shape index (κ3) is 2.20. The minimum Gasteiger partial charge on any atom is -0.289 e. The predicted molar refractivity (Wildman–Crippen MR) is 78.9 cm³/mol. The SMILES string of the molecule is O=C1/C(=C/c2cccc(Cl)c2Cl)Cc2ccccc21. The Morgan fingerprint density at radius 3 is 2.58 bits per heavy atom. The van der Waals surface area contributed by atoms with E-state index in [1.54, 1.807) is 6.07 Å². The van der Waals surface area contributed by atoms with Gasteiger partial charge in [0.2, 0.25) is 0 Å². The fourth-order valence-corrected chi connectivity index (χ4v) is 2.65. The number of ketones is 1. The maximum atomic E-state index is 12.3. The maximum Gasteiger partial charge on any atom is 0.189 e. The zero-order valence-corrected chi connectivity index (χ0v) is 11.5. The number of fused-ring (bicyclic) bond motifs is 1. The molecular formula is C16H10Cl2O. The van der Waals surface area contributed by atoms with Crippen molar-refractivity contribution in [3.63, 3.8) is 0 Å². The number of hydrogen-bond donors (Lipinski definition) is 0. The van der Waals surface area contributed by atoms with Crippen molar-refractivity contribution in [3.8, 4) is 0 Å². The van der Waals surface area contributed by atoms with Crippen LogP contribution in [0.3, 0.4) is 0 Å². The van der Waals surface area contributed by atoms with Crippen LogP contribution < -0.4 is 0 Å². The molecule has 19 heavy (non-hydrogen) atoms. The van der Waals surface area contributed by atoms with Crippen molar-refractivity contribution in [3.05, 3.63) is 74.8 Å². The van der Waals surface area contributed by atoms with Crippen molar-refractivity contribution >= 4 is 35.1 Å². The second-order valence-corrected chi connectivity index (χ2v) is 5.26. The molecule has 0 unspecified atom stereocenters. The van der Waals surface area contributed by atoms with E-state index in [1.807, 2.05) is 42.5 Å². The van der Waals surface area contributed by atoms with Crippen LogP contribution in [0.15, 0.2) is 48.0 Å². The van der Waals surface area contributed by atoms with Gasteiger partial charge in [0.05, 0.1) is 10.0 Å². The standard InChI is InChI=1S/C16H10Cl2O/c17-14-7-3-5-11(15(14)18)9-12-8-10-4-1-2-6-13(10)16(12)19/h1-7,9H,8H2/b12-9+. The molecule has 1 aliphatic rings. The van der Waals surface area contributed by atoms with E-state index in [4.69, 9.17) is 23.2 Å². The lowest BCUT2D eigenvalue weighted by atomic mass is 10.1. The summed E-state index contributed by atoms with van der Waals surface area (Å²) in [6.07, 6.45) is 2.48. The normalized spacial score (nSPS) is 15.9. The Balaban J connectivity index is 2.04. The van der Waals surface area contributed by atoms with E-state index in [-0.39, 0.29) is 5.78 Å². The molecule has 0 heterocycles. The van der Waals surface area contributed by atoms with Gasteiger partial charge in [0.15, 0.2) is 5.78 Å². The minimum absolute atomic E-state index is 0.0756. The molecule has 1 aliphatic carbocycles. The second kappa shape index (κ2) is 4.84. The highest BCUT2D eigenvalue weighted by Crippen LogP contribution is 2.31. The van der Waals surface area contributed by atoms with Gasteiger partial charge in [-0.15, -0.1) is 0 Å². The lowest BCUT2D eigenvalue weighted by molar-refractivity contribution is 0.104. The number of benzene rings is 2. The van der Waals surface area contributed by atoms with Gasteiger partial charge < -0.3 is 0 Å². The van der Waals surface area contributed by atoms with Crippen molar-refractivity contribution in [2.45, 2.75) is 6.42 Å². The van der Waals surface area contributed by atoms with Crippen LogP contribution >= 0.6 is 23.2 Å². The van der Waals surface area contributed by atoms with Gasteiger partial charge in [0.1, 0.15) is 0 Å². The zero-order valence-electron chi connectivity index (χ0n) is 9.99. The molecule has 0 saturated heterocycles. The molecule has 0 aromatic heterocycles. The van der Waals surface area contributed by atoms with Crippen molar-refractivity contribution in [2.24, 2.45) is 0 Å². The maximum absolute atomic E-state index is 12.3. The second-order valence-electron chi connectivity index (χ2n) is 4.48. The number of halogens is 2. The largest absolute Gasteiger partial charge is 0.289 e. The number of carbonyl (C=O) groups is 1. The summed E-state index contributed by atoms with van der Waals surface area (Å²) in [5.41, 5.74) is 3.39. The highest BCUT2D eigenvalue weighted by Gasteiger charge is 2.24. The van der Waals surface area contributed by atoms with E-state index >= 15 is 0 Å². The molecule has 0 amide bonds. The van der Waals surface area contributed by atoms with Gasteiger partial charge in [-0.1, -0.05) is 59.6 Å². The molecule has 1 nitrogen and oxygen atoms in total. The van der Waals surface area contributed by atoms with Crippen molar-refractivity contribution in [1.82, 2.24) is 0 Å². The number of hydrogen-bond acceptors (Lipinski definition) is 1. The Kier molecular flexibility index (Phi) is 3.17. The monoisotopic (exact) mass is 288 g/mol. The quantitative estimate of drug-likeness (QED) is 0.688. The fraction of sp³-hybridized carbons (Fsp3) is 0.0625. The van der Waals surface area contributed by atoms with E-state index in [9.17, 15) is 4.79 Å². The summed E-state index contributed by atoms with van der Waals surface area (Å²) in [7, 11) is 0. The first-order valence-electron chi connectivity index (χ1n) is 5.94. The molecule has 2 aromatic carbocycles. The lowest BCUT2D eigenvalue weighted by Gasteiger charge is -2.01. The molecule has 0 spiro atoms. The van der Waals surface area contributed by atoms with Gasteiger partial charge in [-0.25, -0.2) is 0 Å². The molecule has 0 aliphatic heterocycles. The first kappa shape index (κ1) is 12.5. The average Bonchev–Trinajstić information content (AvgIpc) is 2.73. The molecular weight excluding hydrogens is 279 g/mol. The first-order valence-corrected chi connectivity index (χ1v) is 6.69. The lowest BCUT2D eigenvalue weighted by Crippen LogP contribution is -1.95. The van der Waals surface area contributed by atoms with Crippen LogP contribution in [0.2, 0.25) is 10.0 Å². The topological polar surface area (TPSA) is 17.1 Å². The number of allylic oxidation sites excluding steroid dienone is 1. The van der Waals surface area contributed by atoms with E-state index in [0.717, 1.165) is 22.3 Å². The smallest absolute Gasteiger partial charge is 0.189 e. The van der Waals surface area contributed by atoms with Gasteiger partial charge in [-0.3, -0.25) is 4.79 Å². The van der Waals surface area contributed by atoms with Gasteiger partial charge in [0.25, 0.3) is 0 Å². The molecule has 0 bridgehead atoms. The summed E-state index contributed by atoms with van der Waals surface area (Å²) in [6.45, 7) is 0. The Morgan fingerprint density at radius 2 is 1.79 bits per heavy atom. The summed E-state index contributed by atoms with van der Waals surface area (Å²) in [5, 5.41) is 0.986. The Morgan fingerprint density at radius 1 is 1.00 bits per heavy atom.